The van der Waals surface area contributed by atoms with Crippen LogP contribution in [0.15, 0.2) is 29.1 Å². The van der Waals surface area contributed by atoms with Gasteiger partial charge in [0.05, 0.1) is 11.8 Å². The Balaban J connectivity index is 2.29. The molecule has 1 N–H and O–H groups in total. The largest absolute Gasteiger partial charge is 0.472 e. The predicted molar refractivity (Wildman–Crippen MR) is 63.3 cm³/mol. The molecule has 0 spiro atoms. The normalized spacial score (nSPS) is 10.4. The SMILES string of the molecule is CCCNc1cc(C)nc(-c2ccoc2)n1. The second kappa shape index (κ2) is 4.79. The molecule has 0 fully saturated rings. The smallest absolute Gasteiger partial charge is 0.164 e. The Bertz CT molecular complexity index is 451. The Labute approximate surface area is 94.7 Å². The van der Waals surface area contributed by atoms with Crippen molar-refractivity contribution < 1.29 is 4.42 Å². The molecule has 0 saturated carbocycles. The fourth-order valence-corrected chi connectivity index (χ4v) is 1.43. The van der Waals surface area contributed by atoms with E-state index in [0.717, 1.165) is 30.0 Å². The summed E-state index contributed by atoms with van der Waals surface area (Å²) in [6.45, 7) is 5.00. The van der Waals surface area contributed by atoms with E-state index in [9.17, 15) is 0 Å². The van der Waals surface area contributed by atoms with Crippen molar-refractivity contribution in [1.29, 1.82) is 0 Å². The van der Waals surface area contributed by atoms with E-state index in [-0.39, 0.29) is 0 Å². The lowest BCUT2D eigenvalue weighted by Gasteiger charge is -2.06. The van der Waals surface area contributed by atoms with Crippen molar-refractivity contribution in [1.82, 2.24) is 9.97 Å². The average molecular weight is 217 g/mol. The van der Waals surface area contributed by atoms with Gasteiger partial charge >= 0.3 is 0 Å². The molecule has 0 amide bonds. The minimum absolute atomic E-state index is 0.701. The summed E-state index contributed by atoms with van der Waals surface area (Å²) < 4.78 is 5.03. The van der Waals surface area contributed by atoms with Gasteiger partial charge in [-0.25, -0.2) is 9.97 Å². The zero-order chi connectivity index (χ0) is 11.4. The summed E-state index contributed by atoms with van der Waals surface area (Å²) in [7, 11) is 0. The second-order valence-corrected chi connectivity index (χ2v) is 3.66. The maximum Gasteiger partial charge on any atom is 0.164 e. The lowest BCUT2D eigenvalue weighted by molar-refractivity contribution is 0.568. The molecule has 4 nitrogen and oxygen atoms in total. The number of nitrogens with one attached hydrogen (secondary N) is 1. The molecule has 0 saturated heterocycles. The lowest BCUT2D eigenvalue weighted by atomic mass is 10.3. The van der Waals surface area contributed by atoms with Crippen molar-refractivity contribution in [2.24, 2.45) is 0 Å². The highest BCUT2D eigenvalue weighted by Crippen LogP contribution is 2.17. The summed E-state index contributed by atoms with van der Waals surface area (Å²) in [5.41, 5.74) is 1.85. The third-order valence-corrected chi connectivity index (χ3v) is 2.19. The van der Waals surface area contributed by atoms with Crippen LogP contribution in [-0.4, -0.2) is 16.5 Å². The molecular formula is C12H15N3O. The quantitative estimate of drug-likeness (QED) is 0.855. The first kappa shape index (κ1) is 10.7. The molecule has 2 aromatic rings. The van der Waals surface area contributed by atoms with Gasteiger partial charge in [-0.15, -0.1) is 0 Å². The average Bonchev–Trinajstić information content (AvgIpc) is 2.79. The molecule has 0 bridgehead atoms. The minimum Gasteiger partial charge on any atom is -0.472 e. The van der Waals surface area contributed by atoms with Gasteiger partial charge in [-0.2, -0.15) is 0 Å². The first-order valence-corrected chi connectivity index (χ1v) is 5.41. The molecule has 2 aromatic heterocycles. The fraction of sp³-hybridized carbons (Fsp3) is 0.333. The number of aryl methyl sites for hydroxylation is 1. The van der Waals surface area contributed by atoms with Gasteiger partial charge in [-0.3, -0.25) is 0 Å². The van der Waals surface area contributed by atoms with Crippen molar-refractivity contribution in [2.45, 2.75) is 20.3 Å². The Morgan fingerprint density at radius 1 is 1.38 bits per heavy atom. The molecule has 16 heavy (non-hydrogen) atoms. The summed E-state index contributed by atoms with van der Waals surface area (Å²) in [6.07, 6.45) is 4.35. The van der Waals surface area contributed by atoms with Gasteiger partial charge in [-0.1, -0.05) is 6.92 Å². The predicted octanol–water partition coefficient (Wildman–Crippen LogP) is 2.87. The Morgan fingerprint density at radius 3 is 2.94 bits per heavy atom. The van der Waals surface area contributed by atoms with Crippen LogP contribution in [0.3, 0.4) is 0 Å². The standard InChI is InChI=1S/C12H15N3O/c1-3-5-13-11-7-9(2)14-12(15-11)10-4-6-16-8-10/h4,6-8H,3,5H2,1-2H3,(H,13,14,15). The summed E-state index contributed by atoms with van der Waals surface area (Å²) in [5, 5.41) is 3.26. The van der Waals surface area contributed by atoms with E-state index in [4.69, 9.17) is 4.42 Å². The van der Waals surface area contributed by atoms with Crippen LogP contribution in [0.25, 0.3) is 11.4 Å². The second-order valence-electron chi connectivity index (χ2n) is 3.66. The molecule has 0 aromatic carbocycles. The monoisotopic (exact) mass is 217 g/mol. The van der Waals surface area contributed by atoms with Crippen LogP contribution in [0.1, 0.15) is 19.0 Å². The van der Waals surface area contributed by atoms with Crippen molar-refractivity contribution in [3.05, 3.63) is 30.4 Å². The summed E-state index contributed by atoms with van der Waals surface area (Å²) >= 11 is 0. The fourth-order valence-electron chi connectivity index (χ4n) is 1.43. The van der Waals surface area contributed by atoms with E-state index in [1.54, 1.807) is 12.5 Å². The van der Waals surface area contributed by atoms with E-state index in [1.165, 1.54) is 0 Å². The third-order valence-electron chi connectivity index (χ3n) is 2.19. The molecule has 2 rings (SSSR count). The molecule has 0 radical (unpaired) electrons. The highest BCUT2D eigenvalue weighted by molar-refractivity contribution is 5.55. The number of hydrogen-bond donors (Lipinski definition) is 1. The van der Waals surface area contributed by atoms with Crippen LogP contribution in [0.5, 0.6) is 0 Å². The Hall–Kier alpha value is -1.84. The van der Waals surface area contributed by atoms with Crippen LogP contribution >= 0.6 is 0 Å². The van der Waals surface area contributed by atoms with Gasteiger partial charge in [0.2, 0.25) is 0 Å². The molecule has 0 aliphatic rings. The molecule has 0 atom stereocenters. The van der Waals surface area contributed by atoms with Gasteiger partial charge in [0.15, 0.2) is 5.82 Å². The topological polar surface area (TPSA) is 51.0 Å². The summed E-state index contributed by atoms with van der Waals surface area (Å²) in [5.74, 6) is 1.57. The van der Waals surface area contributed by atoms with Crippen LogP contribution in [-0.2, 0) is 0 Å². The zero-order valence-corrected chi connectivity index (χ0v) is 9.53. The molecule has 0 aliphatic carbocycles. The van der Waals surface area contributed by atoms with Gasteiger partial charge < -0.3 is 9.73 Å². The molecule has 0 unspecified atom stereocenters. The minimum atomic E-state index is 0.701. The number of furan rings is 1. The zero-order valence-electron chi connectivity index (χ0n) is 9.53. The number of nitrogens with zero attached hydrogens (tertiary/aromatic N) is 2. The summed E-state index contributed by atoms with van der Waals surface area (Å²) in [6, 6.07) is 3.80. The van der Waals surface area contributed by atoms with Crippen LogP contribution in [0.4, 0.5) is 5.82 Å². The third kappa shape index (κ3) is 2.39. The molecule has 0 aliphatic heterocycles. The first-order chi connectivity index (χ1) is 7.79. The molecule has 84 valence electrons. The van der Waals surface area contributed by atoms with Crippen LogP contribution in [0, 0.1) is 6.92 Å². The number of rotatable bonds is 4. The van der Waals surface area contributed by atoms with Crippen molar-refractivity contribution in [2.75, 3.05) is 11.9 Å². The van der Waals surface area contributed by atoms with E-state index in [0.29, 0.717) is 5.82 Å². The van der Waals surface area contributed by atoms with E-state index in [1.807, 2.05) is 19.1 Å². The van der Waals surface area contributed by atoms with E-state index < -0.39 is 0 Å². The first-order valence-electron chi connectivity index (χ1n) is 5.41. The Kier molecular flexibility index (Phi) is 3.19. The highest BCUT2D eigenvalue weighted by Gasteiger charge is 2.05. The van der Waals surface area contributed by atoms with Gasteiger partial charge in [0.1, 0.15) is 12.1 Å². The number of aromatic nitrogens is 2. The molecule has 2 heterocycles. The highest BCUT2D eigenvalue weighted by atomic mass is 16.3. The van der Waals surface area contributed by atoms with E-state index >= 15 is 0 Å². The van der Waals surface area contributed by atoms with E-state index in [2.05, 4.69) is 22.2 Å². The lowest BCUT2D eigenvalue weighted by Crippen LogP contribution is -2.04. The Morgan fingerprint density at radius 2 is 2.25 bits per heavy atom. The summed E-state index contributed by atoms with van der Waals surface area (Å²) in [4.78, 5) is 8.80. The van der Waals surface area contributed by atoms with Gasteiger partial charge in [0.25, 0.3) is 0 Å². The number of hydrogen-bond acceptors (Lipinski definition) is 4. The van der Waals surface area contributed by atoms with Crippen molar-refractivity contribution >= 4 is 5.82 Å². The van der Waals surface area contributed by atoms with Gasteiger partial charge in [0, 0.05) is 18.3 Å². The van der Waals surface area contributed by atoms with Crippen molar-refractivity contribution in [3.63, 3.8) is 0 Å². The molecular weight excluding hydrogens is 202 g/mol. The number of anilines is 1. The van der Waals surface area contributed by atoms with Crippen LogP contribution in [0.2, 0.25) is 0 Å². The van der Waals surface area contributed by atoms with Gasteiger partial charge in [-0.05, 0) is 19.4 Å². The maximum atomic E-state index is 5.03. The van der Waals surface area contributed by atoms with Crippen molar-refractivity contribution in [3.8, 4) is 11.4 Å². The maximum absolute atomic E-state index is 5.03. The molecule has 4 heteroatoms. The van der Waals surface area contributed by atoms with Crippen LogP contribution < -0.4 is 5.32 Å².